The van der Waals surface area contributed by atoms with Gasteiger partial charge in [-0.25, -0.2) is 0 Å². The monoisotopic (exact) mass is 144 g/mol. The van der Waals surface area contributed by atoms with E-state index in [2.05, 4.69) is 34.6 Å². The third-order valence-corrected chi connectivity index (χ3v) is 2.35. The fraction of sp³-hybridized carbons (Fsp3) is 0.750. The quantitative estimate of drug-likeness (QED) is 0.572. The van der Waals surface area contributed by atoms with Crippen LogP contribution in [0.3, 0.4) is 0 Å². The van der Waals surface area contributed by atoms with E-state index >= 15 is 0 Å². The van der Waals surface area contributed by atoms with Gasteiger partial charge < -0.3 is 0 Å². The van der Waals surface area contributed by atoms with Crippen LogP contribution >= 0.6 is 11.8 Å². The van der Waals surface area contributed by atoms with E-state index in [4.69, 9.17) is 0 Å². The Labute approximate surface area is 62.7 Å². The molecule has 0 amide bonds. The molecule has 0 saturated heterocycles. The Morgan fingerprint density at radius 2 is 1.56 bits per heavy atom. The second kappa shape index (κ2) is 3.99. The zero-order chi connectivity index (χ0) is 7.44. The van der Waals surface area contributed by atoms with E-state index in [0.717, 1.165) is 5.25 Å². The third kappa shape index (κ3) is 4.58. The zero-order valence-electron chi connectivity index (χ0n) is 6.99. The lowest BCUT2D eigenvalue weighted by atomic mass is 10.3. The molecule has 0 aromatic rings. The van der Waals surface area contributed by atoms with Crippen molar-refractivity contribution < 1.29 is 0 Å². The Morgan fingerprint density at radius 3 is 1.67 bits per heavy atom. The molecule has 0 heterocycles. The first-order valence-corrected chi connectivity index (χ1v) is 4.22. The van der Waals surface area contributed by atoms with Crippen molar-refractivity contribution in [3.63, 3.8) is 0 Å². The molecule has 0 radical (unpaired) electrons. The van der Waals surface area contributed by atoms with Crippen LogP contribution in [0.2, 0.25) is 0 Å². The van der Waals surface area contributed by atoms with Gasteiger partial charge in [-0.2, -0.15) is 0 Å². The van der Waals surface area contributed by atoms with Gasteiger partial charge >= 0.3 is 0 Å². The topological polar surface area (TPSA) is 0 Å². The van der Waals surface area contributed by atoms with Gasteiger partial charge in [-0.05, 0) is 25.7 Å². The van der Waals surface area contributed by atoms with E-state index < -0.39 is 0 Å². The van der Waals surface area contributed by atoms with Crippen LogP contribution in [0.4, 0.5) is 0 Å². The minimum Gasteiger partial charge on any atom is -0.128 e. The molecule has 0 nitrogen and oxygen atoms in total. The maximum atomic E-state index is 2.22. The van der Waals surface area contributed by atoms with Crippen LogP contribution in [0.25, 0.3) is 0 Å². The molecule has 0 aromatic heterocycles. The number of hydrogen-bond acceptors (Lipinski definition) is 1. The third-order valence-electron chi connectivity index (χ3n) is 1.12. The number of thioether (sulfide) groups is 1. The van der Waals surface area contributed by atoms with Crippen LogP contribution in [0.1, 0.15) is 34.6 Å². The zero-order valence-corrected chi connectivity index (χ0v) is 7.80. The lowest BCUT2D eigenvalue weighted by Gasteiger charge is -2.05. The van der Waals surface area contributed by atoms with Crippen LogP contribution in [-0.4, -0.2) is 5.25 Å². The molecule has 0 rings (SSSR count). The summed E-state index contributed by atoms with van der Waals surface area (Å²) in [7, 11) is 0. The highest BCUT2D eigenvalue weighted by Crippen LogP contribution is 2.22. The van der Waals surface area contributed by atoms with Crippen LogP contribution in [0.15, 0.2) is 10.5 Å². The molecular weight excluding hydrogens is 128 g/mol. The normalized spacial score (nSPS) is 10.0. The summed E-state index contributed by atoms with van der Waals surface area (Å²) in [6.07, 6.45) is 0. The molecule has 0 aliphatic carbocycles. The van der Waals surface area contributed by atoms with Gasteiger partial charge in [-0.3, -0.25) is 0 Å². The fourth-order valence-corrected chi connectivity index (χ4v) is 1.41. The second-order valence-corrected chi connectivity index (χ2v) is 4.51. The Balaban J connectivity index is 3.77. The minimum absolute atomic E-state index is 0.722. The lowest BCUT2D eigenvalue weighted by molar-refractivity contribution is 1.11. The van der Waals surface area contributed by atoms with Crippen molar-refractivity contribution in [3.8, 4) is 0 Å². The average Bonchev–Trinajstić information content (AvgIpc) is 1.63. The standard InChI is InChI=1S/C8H16S/c1-6(2)8(5)9-7(3)4/h7H,1-5H3. The highest BCUT2D eigenvalue weighted by atomic mass is 32.2. The van der Waals surface area contributed by atoms with Gasteiger partial charge in [0.05, 0.1) is 0 Å². The molecule has 0 N–H and O–H groups in total. The number of allylic oxidation sites excluding steroid dienone is 2. The van der Waals surface area contributed by atoms with Crippen LogP contribution < -0.4 is 0 Å². The van der Waals surface area contributed by atoms with Crippen LogP contribution in [-0.2, 0) is 0 Å². The fourth-order valence-electron chi connectivity index (χ4n) is 0.471. The smallest absolute Gasteiger partial charge is 0.00344 e. The van der Waals surface area contributed by atoms with Crippen molar-refractivity contribution in [3.05, 3.63) is 10.5 Å². The minimum atomic E-state index is 0.722. The first kappa shape index (κ1) is 9.09. The Kier molecular flexibility index (Phi) is 4.03. The molecule has 0 spiro atoms. The molecule has 9 heavy (non-hydrogen) atoms. The molecule has 0 fully saturated rings. The summed E-state index contributed by atoms with van der Waals surface area (Å²) in [6.45, 7) is 10.9. The van der Waals surface area contributed by atoms with E-state index in [9.17, 15) is 0 Å². The molecule has 0 saturated carbocycles. The second-order valence-electron chi connectivity index (χ2n) is 2.72. The van der Waals surface area contributed by atoms with Crippen molar-refractivity contribution >= 4 is 11.8 Å². The maximum absolute atomic E-state index is 2.22. The van der Waals surface area contributed by atoms with Gasteiger partial charge in [0.1, 0.15) is 0 Å². The van der Waals surface area contributed by atoms with E-state index in [1.165, 1.54) is 10.5 Å². The first-order chi connectivity index (χ1) is 4.04. The highest BCUT2D eigenvalue weighted by Gasteiger charge is 1.96. The molecule has 0 aromatic carbocycles. The summed E-state index contributed by atoms with van der Waals surface area (Å²) in [6, 6.07) is 0. The summed E-state index contributed by atoms with van der Waals surface area (Å²) in [5.41, 5.74) is 1.44. The van der Waals surface area contributed by atoms with Gasteiger partial charge in [-0.15, -0.1) is 11.8 Å². The van der Waals surface area contributed by atoms with Crippen molar-refractivity contribution in [2.45, 2.75) is 39.9 Å². The van der Waals surface area contributed by atoms with E-state index in [-0.39, 0.29) is 0 Å². The highest BCUT2D eigenvalue weighted by molar-refractivity contribution is 8.03. The molecule has 0 aliphatic rings. The van der Waals surface area contributed by atoms with Gasteiger partial charge in [0.15, 0.2) is 0 Å². The predicted molar refractivity (Wildman–Crippen MR) is 46.8 cm³/mol. The molecule has 0 bridgehead atoms. The largest absolute Gasteiger partial charge is 0.128 e. The summed E-state index contributed by atoms with van der Waals surface area (Å²) in [4.78, 5) is 1.46. The van der Waals surface area contributed by atoms with Crippen molar-refractivity contribution in [2.75, 3.05) is 0 Å². The molecular formula is C8H16S. The molecule has 0 unspecified atom stereocenters. The summed E-state index contributed by atoms with van der Waals surface area (Å²) < 4.78 is 0. The Morgan fingerprint density at radius 1 is 1.11 bits per heavy atom. The maximum Gasteiger partial charge on any atom is 0.00344 e. The Bertz CT molecular complexity index is 108. The van der Waals surface area contributed by atoms with Crippen molar-refractivity contribution in [1.82, 2.24) is 0 Å². The first-order valence-electron chi connectivity index (χ1n) is 3.34. The molecule has 54 valence electrons. The lowest BCUT2D eigenvalue weighted by Crippen LogP contribution is -1.86. The molecule has 0 aliphatic heterocycles. The van der Waals surface area contributed by atoms with Gasteiger partial charge in [0.25, 0.3) is 0 Å². The van der Waals surface area contributed by atoms with E-state index in [0.29, 0.717) is 0 Å². The van der Waals surface area contributed by atoms with Gasteiger partial charge in [0, 0.05) is 5.25 Å². The number of hydrogen-bond donors (Lipinski definition) is 0. The van der Waals surface area contributed by atoms with Crippen molar-refractivity contribution in [2.24, 2.45) is 0 Å². The van der Waals surface area contributed by atoms with Crippen molar-refractivity contribution in [1.29, 1.82) is 0 Å². The number of rotatable bonds is 2. The van der Waals surface area contributed by atoms with E-state index in [1.54, 1.807) is 0 Å². The summed E-state index contributed by atoms with van der Waals surface area (Å²) in [5, 5.41) is 0.722. The summed E-state index contributed by atoms with van der Waals surface area (Å²) in [5.74, 6) is 0. The SMILES string of the molecule is CC(C)=C(C)SC(C)C. The Hall–Kier alpha value is 0.0900. The average molecular weight is 144 g/mol. The predicted octanol–water partition coefficient (Wildman–Crippen LogP) is 3.44. The molecule has 0 atom stereocenters. The van der Waals surface area contributed by atoms with Crippen LogP contribution in [0.5, 0.6) is 0 Å². The summed E-state index contributed by atoms with van der Waals surface area (Å²) >= 11 is 1.94. The molecule has 1 heteroatoms. The van der Waals surface area contributed by atoms with Crippen LogP contribution in [0, 0.1) is 0 Å². The van der Waals surface area contributed by atoms with Gasteiger partial charge in [0.2, 0.25) is 0 Å². The van der Waals surface area contributed by atoms with E-state index in [1.807, 2.05) is 11.8 Å². The van der Waals surface area contributed by atoms with Gasteiger partial charge in [-0.1, -0.05) is 19.4 Å².